The molecule has 2 fully saturated rings. The van der Waals surface area contributed by atoms with Gasteiger partial charge in [-0.1, -0.05) is 11.6 Å². The molecule has 2 aliphatic rings. The first-order valence-electron chi connectivity index (χ1n) is 10.8. The minimum atomic E-state index is -0.613. The monoisotopic (exact) mass is 458 g/mol. The fourth-order valence-electron chi connectivity index (χ4n) is 4.27. The summed E-state index contributed by atoms with van der Waals surface area (Å²) >= 11 is 5.75. The Labute approximate surface area is 190 Å². The van der Waals surface area contributed by atoms with E-state index in [1.165, 1.54) is 6.33 Å². The summed E-state index contributed by atoms with van der Waals surface area (Å²) in [6.07, 6.45) is 8.03. The van der Waals surface area contributed by atoms with Gasteiger partial charge in [-0.05, 0) is 31.7 Å². The maximum absolute atomic E-state index is 14.1. The second-order valence-electron chi connectivity index (χ2n) is 8.03. The molecule has 0 unspecified atom stereocenters. The van der Waals surface area contributed by atoms with E-state index in [1.54, 1.807) is 12.4 Å². The van der Waals surface area contributed by atoms with Gasteiger partial charge in [0.2, 0.25) is 5.82 Å². The minimum Gasteiger partial charge on any atom is -0.488 e. The average molecular weight is 459 g/mol. The number of nitrogens with zero attached hydrogens (tertiary/aromatic N) is 5. The van der Waals surface area contributed by atoms with Gasteiger partial charge in [-0.3, -0.25) is 4.98 Å². The zero-order chi connectivity index (χ0) is 21.9. The number of rotatable bonds is 5. The summed E-state index contributed by atoms with van der Waals surface area (Å²) in [6, 6.07) is 4.22. The maximum Gasteiger partial charge on any atom is 0.202 e. The minimum absolute atomic E-state index is 0.0528. The molecule has 5 rings (SSSR count). The van der Waals surface area contributed by atoms with Crippen LogP contribution in [0.25, 0.3) is 11.0 Å². The predicted octanol–water partition coefficient (Wildman–Crippen LogP) is 3.85. The van der Waals surface area contributed by atoms with Crippen molar-refractivity contribution in [2.75, 3.05) is 36.5 Å². The Kier molecular flexibility index (Phi) is 6.18. The predicted molar refractivity (Wildman–Crippen MR) is 120 cm³/mol. The van der Waals surface area contributed by atoms with Crippen molar-refractivity contribution >= 4 is 34.1 Å². The highest BCUT2D eigenvalue weighted by molar-refractivity contribution is 6.29. The summed E-state index contributed by atoms with van der Waals surface area (Å²) in [5, 5.41) is 2.98. The van der Waals surface area contributed by atoms with E-state index in [1.807, 2.05) is 0 Å². The van der Waals surface area contributed by atoms with Crippen molar-refractivity contribution in [1.82, 2.24) is 19.9 Å². The summed E-state index contributed by atoms with van der Waals surface area (Å²) in [5.74, 6) is 0.286. The van der Waals surface area contributed by atoms with Crippen LogP contribution in [0.1, 0.15) is 25.7 Å². The number of aromatic nitrogens is 4. The zero-order valence-corrected chi connectivity index (χ0v) is 18.3. The molecule has 3 heterocycles. The first kappa shape index (κ1) is 21.1. The van der Waals surface area contributed by atoms with Gasteiger partial charge in [0.25, 0.3) is 0 Å². The summed E-state index contributed by atoms with van der Waals surface area (Å²) in [7, 11) is 0. The molecule has 168 valence electrons. The van der Waals surface area contributed by atoms with Crippen molar-refractivity contribution in [2.45, 2.75) is 37.8 Å². The molecule has 0 spiro atoms. The van der Waals surface area contributed by atoms with Crippen molar-refractivity contribution in [1.29, 1.82) is 0 Å². The van der Waals surface area contributed by atoms with E-state index in [4.69, 9.17) is 21.1 Å². The molecule has 1 saturated carbocycles. The van der Waals surface area contributed by atoms with E-state index in [0.29, 0.717) is 13.2 Å². The Morgan fingerprint density at radius 1 is 1.03 bits per heavy atom. The molecule has 1 N–H and O–H groups in total. The van der Waals surface area contributed by atoms with Crippen molar-refractivity contribution in [3.8, 4) is 5.75 Å². The Hall–Kier alpha value is -2.78. The second-order valence-corrected chi connectivity index (χ2v) is 8.39. The van der Waals surface area contributed by atoms with Crippen LogP contribution in [0.4, 0.5) is 15.9 Å². The number of ether oxygens (including phenoxy) is 2. The second kappa shape index (κ2) is 9.38. The number of halogens is 2. The quantitative estimate of drug-likeness (QED) is 0.577. The van der Waals surface area contributed by atoms with Crippen LogP contribution in [0.3, 0.4) is 0 Å². The third-order valence-corrected chi connectivity index (χ3v) is 6.22. The van der Waals surface area contributed by atoms with Gasteiger partial charge in [-0.25, -0.2) is 15.0 Å². The van der Waals surface area contributed by atoms with E-state index in [9.17, 15) is 4.39 Å². The smallest absolute Gasteiger partial charge is 0.202 e. The van der Waals surface area contributed by atoms with Gasteiger partial charge in [0.05, 0.1) is 24.8 Å². The topological polar surface area (TPSA) is 85.3 Å². The number of morpholine rings is 1. The fourth-order valence-corrected chi connectivity index (χ4v) is 4.40. The third kappa shape index (κ3) is 4.54. The molecular weight excluding hydrogens is 435 g/mol. The van der Waals surface area contributed by atoms with Crippen LogP contribution in [0.2, 0.25) is 5.15 Å². The van der Waals surface area contributed by atoms with Crippen LogP contribution in [0, 0.1) is 5.82 Å². The molecule has 1 aromatic carbocycles. The zero-order valence-electron chi connectivity index (χ0n) is 17.5. The molecule has 1 aliphatic heterocycles. The van der Waals surface area contributed by atoms with Crippen molar-refractivity contribution in [3.63, 3.8) is 0 Å². The standard InChI is InChI=1S/C22H24ClFN6O2/c23-21-19(24)22(28-13-27-21)29-14-1-3-16(4-2-14)32-18-12-15(30-7-9-31-10-8-30)11-17-20(18)26-6-5-25-17/h5-6,11-14,16H,1-4,7-10H2,(H,27,28,29). The largest absolute Gasteiger partial charge is 0.488 e. The van der Waals surface area contributed by atoms with Gasteiger partial charge in [0.15, 0.2) is 11.0 Å². The number of anilines is 2. The molecule has 0 atom stereocenters. The van der Waals surface area contributed by atoms with E-state index >= 15 is 0 Å². The van der Waals surface area contributed by atoms with Gasteiger partial charge >= 0.3 is 0 Å². The lowest BCUT2D eigenvalue weighted by Gasteiger charge is -2.31. The van der Waals surface area contributed by atoms with Gasteiger partial charge in [0, 0.05) is 43.3 Å². The molecule has 0 bridgehead atoms. The molecule has 3 aromatic rings. The highest BCUT2D eigenvalue weighted by Crippen LogP contribution is 2.33. The van der Waals surface area contributed by atoms with Crippen molar-refractivity contribution in [2.24, 2.45) is 0 Å². The van der Waals surface area contributed by atoms with Crippen molar-refractivity contribution in [3.05, 3.63) is 41.8 Å². The van der Waals surface area contributed by atoms with Crippen LogP contribution >= 0.6 is 11.6 Å². The lowest BCUT2D eigenvalue weighted by atomic mass is 9.93. The molecule has 2 aromatic heterocycles. The SMILES string of the molecule is Fc1c(Cl)ncnc1NC1CCC(Oc2cc(N3CCOCC3)cc3nccnc23)CC1. The third-order valence-electron chi connectivity index (χ3n) is 5.96. The van der Waals surface area contributed by atoms with E-state index in [0.717, 1.165) is 61.2 Å². The number of hydrogen-bond acceptors (Lipinski definition) is 8. The molecular formula is C22H24ClFN6O2. The molecule has 1 aliphatic carbocycles. The van der Waals surface area contributed by atoms with Gasteiger partial charge in [0.1, 0.15) is 17.6 Å². The van der Waals surface area contributed by atoms with E-state index < -0.39 is 5.82 Å². The summed E-state index contributed by atoms with van der Waals surface area (Å²) in [5.41, 5.74) is 2.66. The lowest BCUT2D eigenvalue weighted by molar-refractivity contribution is 0.122. The van der Waals surface area contributed by atoms with Crippen LogP contribution in [0.5, 0.6) is 5.75 Å². The number of benzene rings is 1. The lowest BCUT2D eigenvalue weighted by Crippen LogP contribution is -2.36. The molecule has 0 amide bonds. The fraction of sp³-hybridized carbons (Fsp3) is 0.455. The van der Waals surface area contributed by atoms with Crippen LogP contribution in [0.15, 0.2) is 30.9 Å². The Bertz CT molecular complexity index is 1090. The van der Waals surface area contributed by atoms with E-state index in [2.05, 4.69) is 42.3 Å². The maximum atomic E-state index is 14.1. The van der Waals surface area contributed by atoms with E-state index in [-0.39, 0.29) is 23.1 Å². The van der Waals surface area contributed by atoms with Crippen LogP contribution in [-0.2, 0) is 4.74 Å². The number of fused-ring (bicyclic) bond motifs is 1. The summed E-state index contributed by atoms with van der Waals surface area (Å²) < 4.78 is 26.0. The molecule has 8 nitrogen and oxygen atoms in total. The molecule has 32 heavy (non-hydrogen) atoms. The normalized spacial score (nSPS) is 21.5. The Balaban J connectivity index is 1.28. The summed E-state index contributed by atoms with van der Waals surface area (Å²) in [4.78, 5) is 18.9. The summed E-state index contributed by atoms with van der Waals surface area (Å²) in [6.45, 7) is 3.10. The highest BCUT2D eigenvalue weighted by atomic mass is 35.5. The molecule has 10 heteroatoms. The average Bonchev–Trinajstić information content (AvgIpc) is 2.84. The first-order valence-corrected chi connectivity index (χ1v) is 11.2. The Morgan fingerprint density at radius 3 is 2.62 bits per heavy atom. The van der Waals surface area contributed by atoms with Gasteiger partial charge in [-0.2, -0.15) is 4.39 Å². The number of nitrogens with one attached hydrogen (secondary N) is 1. The highest BCUT2D eigenvalue weighted by Gasteiger charge is 2.25. The van der Waals surface area contributed by atoms with Gasteiger partial charge in [-0.15, -0.1) is 0 Å². The Morgan fingerprint density at radius 2 is 1.81 bits per heavy atom. The van der Waals surface area contributed by atoms with Crippen LogP contribution < -0.4 is 15.0 Å². The molecule has 0 radical (unpaired) electrons. The van der Waals surface area contributed by atoms with Crippen LogP contribution in [-0.4, -0.2) is 58.4 Å². The molecule has 1 saturated heterocycles. The van der Waals surface area contributed by atoms with Crippen molar-refractivity contribution < 1.29 is 13.9 Å². The number of hydrogen-bond donors (Lipinski definition) is 1. The first-order chi connectivity index (χ1) is 15.7. The van der Waals surface area contributed by atoms with Gasteiger partial charge < -0.3 is 19.7 Å².